The second-order valence-corrected chi connectivity index (χ2v) is 4.92. The summed E-state index contributed by atoms with van der Waals surface area (Å²) in [5.41, 5.74) is 0. The fraction of sp³-hybridized carbons (Fsp3) is 0.857. The first-order chi connectivity index (χ1) is 6.95. The number of piperidine rings is 1. The van der Waals surface area contributed by atoms with Crippen LogP contribution in [0.15, 0.2) is 0 Å². The summed E-state index contributed by atoms with van der Waals surface area (Å²) in [5, 5.41) is 9.28. The summed E-state index contributed by atoms with van der Waals surface area (Å²) < 4.78 is 29.9. The van der Waals surface area contributed by atoms with Crippen molar-refractivity contribution in [1.82, 2.24) is 9.03 Å². The molecule has 0 radical (unpaired) electrons. The molecule has 0 aromatic carbocycles. The van der Waals surface area contributed by atoms with E-state index in [9.17, 15) is 18.3 Å². The van der Waals surface area contributed by atoms with Crippen molar-refractivity contribution in [2.45, 2.75) is 18.9 Å². The minimum Gasteiger partial charge on any atom is -0.452 e. The van der Waals surface area contributed by atoms with Crippen molar-refractivity contribution in [1.29, 1.82) is 0 Å². The van der Waals surface area contributed by atoms with E-state index in [0.29, 0.717) is 19.4 Å². The second kappa shape index (κ2) is 4.77. The Morgan fingerprint density at radius 3 is 2.80 bits per heavy atom. The zero-order valence-electron chi connectivity index (χ0n) is 8.34. The van der Waals surface area contributed by atoms with Crippen LogP contribution >= 0.6 is 0 Å². The van der Waals surface area contributed by atoms with Gasteiger partial charge in [0, 0.05) is 13.1 Å². The number of nitrogens with zero attached hydrogens (tertiary/aromatic N) is 1. The van der Waals surface area contributed by atoms with Gasteiger partial charge in [-0.15, -0.1) is 0 Å². The molecule has 1 amide bonds. The Bertz CT molecular complexity index is 328. The number of aliphatic hydroxyl groups is 1. The molecule has 1 fully saturated rings. The Balaban J connectivity index is 2.64. The van der Waals surface area contributed by atoms with Gasteiger partial charge in [-0.2, -0.15) is 12.7 Å². The van der Waals surface area contributed by atoms with Gasteiger partial charge in [0.2, 0.25) is 0 Å². The second-order valence-electron chi connectivity index (χ2n) is 3.25. The monoisotopic (exact) mass is 238 g/mol. The van der Waals surface area contributed by atoms with Crippen molar-refractivity contribution in [2.75, 3.05) is 20.2 Å². The van der Waals surface area contributed by atoms with Crippen molar-refractivity contribution in [2.24, 2.45) is 0 Å². The molecule has 0 aromatic rings. The lowest BCUT2D eigenvalue weighted by molar-refractivity contribution is 0.107. The van der Waals surface area contributed by atoms with Crippen molar-refractivity contribution in [3.8, 4) is 0 Å². The fourth-order valence-corrected chi connectivity index (χ4v) is 2.51. The zero-order valence-corrected chi connectivity index (χ0v) is 9.16. The first-order valence-electron chi connectivity index (χ1n) is 4.49. The maximum absolute atomic E-state index is 11.5. The highest BCUT2D eigenvalue weighted by molar-refractivity contribution is 7.87. The molecule has 1 atom stereocenters. The third-order valence-corrected chi connectivity index (χ3v) is 3.53. The van der Waals surface area contributed by atoms with Gasteiger partial charge in [0.15, 0.2) is 0 Å². The van der Waals surface area contributed by atoms with E-state index in [1.807, 2.05) is 0 Å². The highest BCUT2D eigenvalue weighted by Crippen LogP contribution is 2.12. The maximum atomic E-state index is 11.5. The van der Waals surface area contributed by atoms with E-state index in [1.54, 1.807) is 4.72 Å². The lowest BCUT2D eigenvalue weighted by Crippen LogP contribution is -2.49. The molecule has 0 saturated carbocycles. The molecule has 8 heteroatoms. The molecule has 1 rings (SSSR count). The zero-order chi connectivity index (χ0) is 11.5. The van der Waals surface area contributed by atoms with Gasteiger partial charge in [-0.3, -0.25) is 0 Å². The largest absolute Gasteiger partial charge is 0.452 e. The van der Waals surface area contributed by atoms with Crippen LogP contribution in [-0.4, -0.2) is 50.2 Å². The van der Waals surface area contributed by atoms with E-state index in [1.165, 1.54) is 0 Å². The molecule has 1 aliphatic heterocycles. The van der Waals surface area contributed by atoms with Gasteiger partial charge in [0.1, 0.15) is 0 Å². The van der Waals surface area contributed by atoms with Gasteiger partial charge in [-0.05, 0) is 12.8 Å². The van der Waals surface area contributed by atoms with E-state index < -0.39 is 22.4 Å². The van der Waals surface area contributed by atoms with Crippen LogP contribution in [0.25, 0.3) is 0 Å². The maximum Gasteiger partial charge on any atom is 0.421 e. The van der Waals surface area contributed by atoms with Gasteiger partial charge in [0.25, 0.3) is 0 Å². The smallest absolute Gasteiger partial charge is 0.421 e. The molecule has 0 aliphatic carbocycles. The highest BCUT2D eigenvalue weighted by atomic mass is 32.2. The van der Waals surface area contributed by atoms with Crippen LogP contribution in [0.3, 0.4) is 0 Å². The van der Waals surface area contributed by atoms with E-state index in [-0.39, 0.29) is 6.54 Å². The molecule has 1 saturated heterocycles. The van der Waals surface area contributed by atoms with Crippen LogP contribution in [0.5, 0.6) is 0 Å². The molecule has 0 bridgehead atoms. The van der Waals surface area contributed by atoms with Crippen molar-refractivity contribution in [3.63, 3.8) is 0 Å². The number of β-amino-alcohol motifs (C(OH)–C–C–N with tert-alkyl or cyclic N) is 1. The average molecular weight is 238 g/mol. The SMILES string of the molecule is COC(=O)NS(=O)(=O)N1CCC[C@H](O)C1. The highest BCUT2D eigenvalue weighted by Gasteiger charge is 2.29. The number of aliphatic hydroxyl groups excluding tert-OH is 1. The molecule has 0 unspecified atom stereocenters. The van der Waals surface area contributed by atoms with Crippen LogP contribution < -0.4 is 4.72 Å². The number of hydrogen-bond acceptors (Lipinski definition) is 5. The molecule has 88 valence electrons. The average Bonchev–Trinajstić information content (AvgIpc) is 2.17. The Morgan fingerprint density at radius 1 is 1.60 bits per heavy atom. The third kappa shape index (κ3) is 3.33. The molecular formula is C7H14N2O5S. The minimum atomic E-state index is -3.88. The molecule has 2 N–H and O–H groups in total. The summed E-state index contributed by atoms with van der Waals surface area (Å²) in [5.74, 6) is 0. The van der Waals surface area contributed by atoms with E-state index >= 15 is 0 Å². The molecule has 0 aromatic heterocycles. The standard InChI is InChI=1S/C7H14N2O5S/c1-14-7(11)8-15(12,13)9-4-2-3-6(10)5-9/h6,10H,2-5H2,1H3,(H,8,11)/t6-/m0/s1. The first-order valence-corrected chi connectivity index (χ1v) is 5.93. The predicted octanol–water partition coefficient (Wildman–Crippen LogP) is -0.956. The fourth-order valence-electron chi connectivity index (χ4n) is 1.35. The number of rotatable bonds is 2. The van der Waals surface area contributed by atoms with Crippen molar-refractivity contribution >= 4 is 16.3 Å². The molecule has 1 heterocycles. The Morgan fingerprint density at radius 2 is 2.27 bits per heavy atom. The number of hydrogen-bond donors (Lipinski definition) is 2. The van der Waals surface area contributed by atoms with Crippen LogP contribution in [0.1, 0.15) is 12.8 Å². The Kier molecular flexibility index (Phi) is 3.89. The third-order valence-electron chi connectivity index (χ3n) is 2.10. The van der Waals surface area contributed by atoms with Crippen molar-refractivity contribution < 1.29 is 23.1 Å². The van der Waals surface area contributed by atoms with Gasteiger partial charge < -0.3 is 9.84 Å². The number of ether oxygens (including phenoxy) is 1. The first kappa shape index (κ1) is 12.2. The van der Waals surface area contributed by atoms with Crippen LogP contribution in [0.2, 0.25) is 0 Å². The van der Waals surface area contributed by atoms with Crippen LogP contribution in [0, 0.1) is 0 Å². The lowest BCUT2D eigenvalue weighted by Gasteiger charge is -2.28. The van der Waals surface area contributed by atoms with Crippen molar-refractivity contribution in [3.05, 3.63) is 0 Å². The topological polar surface area (TPSA) is 95.9 Å². The summed E-state index contributed by atoms with van der Waals surface area (Å²) in [6.45, 7) is 0.301. The van der Waals surface area contributed by atoms with Gasteiger partial charge in [-0.1, -0.05) is 0 Å². The number of carbonyl (C=O) groups excluding carboxylic acids is 1. The molecule has 15 heavy (non-hydrogen) atoms. The van der Waals surface area contributed by atoms with Gasteiger partial charge >= 0.3 is 16.3 Å². The number of nitrogens with one attached hydrogen (secondary N) is 1. The summed E-state index contributed by atoms with van der Waals surface area (Å²) in [6, 6.07) is 0. The van der Waals surface area contributed by atoms with Gasteiger partial charge in [0.05, 0.1) is 13.2 Å². The normalized spacial score (nSPS) is 23.5. The lowest BCUT2D eigenvalue weighted by atomic mass is 10.1. The van der Waals surface area contributed by atoms with Crippen LogP contribution in [0.4, 0.5) is 4.79 Å². The summed E-state index contributed by atoms with van der Waals surface area (Å²) in [6.07, 6.45) is -0.559. The summed E-state index contributed by atoms with van der Waals surface area (Å²) >= 11 is 0. The molecule has 1 aliphatic rings. The quantitative estimate of drug-likeness (QED) is 0.646. The Labute approximate surface area is 88.2 Å². The summed E-state index contributed by atoms with van der Waals surface area (Å²) in [7, 11) is -2.80. The molecule has 7 nitrogen and oxygen atoms in total. The van der Waals surface area contributed by atoms with E-state index in [2.05, 4.69) is 4.74 Å². The number of carbonyl (C=O) groups is 1. The van der Waals surface area contributed by atoms with Crippen LogP contribution in [-0.2, 0) is 14.9 Å². The number of methoxy groups -OCH3 is 1. The summed E-state index contributed by atoms with van der Waals surface area (Å²) in [4.78, 5) is 10.7. The predicted molar refractivity (Wildman–Crippen MR) is 51.3 cm³/mol. The number of amides is 1. The Hall–Kier alpha value is -0.860. The van der Waals surface area contributed by atoms with E-state index in [0.717, 1.165) is 11.4 Å². The van der Waals surface area contributed by atoms with E-state index in [4.69, 9.17) is 0 Å². The molecular weight excluding hydrogens is 224 g/mol. The minimum absolute atomic E-state index is 0.00628. The molecule has 0 spiro atoms. The van der Waals surface area contributed by atoms with Gasteiger partial charge in [-0.25, -0.2) is 9.52 Å².